The van der Waals surface area contributed by atoms with E-state index in [1.807, 2.05) is 36.4 Å². The van der Waals surface area contributed by atoms with Gasteiger partial charge in [-0.2, -0.15) is 5.10 Å². The number of carbonyl (C=O) groups excluding carboxylic acids is 1. The summed E-state index contributed by atoms with van der Waals surface area (Å²) in [5, 5.41) is 6.57. The third-order valence-corrected chi connectivity index (χ3v) is 7.50. The molecular formula is C31H35N3O3. The van der Waals surface area contributed by atoms with Crippen LogP contribution in [0.5, 0.6) is 11.5 Å². The summed E-state index contributed by atoms with van der Waals surface area (Å²) in [4.78, 5) is 15.9. The third-order valence-electron chi connectivity index (χ3n) is 7.50. The topological polar surface area (TPSA) is 54.4 Å². The predicted molar refractivity (Wildman–Crippen MR) is 146 cm³/mol. The van der Waals surface area contributed by atoms with Crippen molar-refractivity contribution in [3.63, 3.8) is 0 Å². The van der Waals surface area contributed by atoms with Gasteiger partial charge in [0.25, 0.3) is 5.91 Å². The summed E-state index contributed by atoms with van der Waals surface area (Å²) < 4.78 is 11.0. The predicted octanol–water partition coefficient (Wildman–Crippen LogP) is 5.34. The van der Waals surface area contributed by atoms with Crippen LogP contribution in [0.3, 0.4) is 0 Å². The van der Waals surface area contributed by atoms with Crippen LogP contribution in [0.25, 0.3) is 0 Å². The lowest BCUT2D eigenvalue weighted by molar-refractivity contribution is -0.134. The zero-order chi connectivity index (χ0) is 25.6. The van der Waals surface area contributed by atoms with Gasteiger partial charge in [-0.25, -0.2) is 5.01 Å². The summed E-state index contributed by atoms with van der Waals surface area (Å²) in [5.74, 6) is 2.13. The molecule has 37 heavy (non-hydrogen) atoms. The molecule has 1 saturated heterocycles. The minimum Gasteiger partial charge on any atom is -0.497 e. The standard InChI is InChI=1S/C31H35N3O3/c1-36-26-13-14-27(30(20-26)37-2)28-21-29(25-11-7-4-8-12-25)34(32-28)31(35)22-33-17-15-24(16-18-33)19-23-9-5-3-6-10-23/h3-14,20,24,29H,15-19,21-22H2,1-2H3. The van der Waals surface area contributed by atoms with Crippen LogP contribution >= 0.6 is 0 Å². The maximum atomic E-state index is 13.6. The minimum atomic E-state index is -0.133. The summed E-state index contributed by atoms with van der Waals surface area (Å²) in [6.07, 6.45) is 3.98. The second-order valence-electron chi connectivity index (χ2n) is 9.89. The second-order valence-corrected chi connectivity index (χ2v) is 9.89. The number of hydrogen-bond donors (Lipinski definition) is 0. The highest BCUT2D eigenvalue weighted by Crippen LogP contribution is 2.36. The summed E-state index contributed by atoms with van der Waals surface area (Å²) >= 11 is 0. The fraction of sp³-hybridized carbons (Fsp3) is 0.355. The van der Waals surface area contributed by atoms with Crippen molar-refractivity contribution in [3.8, 4) is 11.5 Å². The van der Waals surface area contributed by atoms with E-state index in [0.717, 1.165) is 54.9 Å². The van der Waals surface area contributed by atoms with Crippen molar-refractivity contribution in [2.24, 2.45) is 11.0 Å². The fourth-order valence-corrected chi connectivity index (χ4v) is 5.43. The van der Waals surface area contributed by atoms with E-state index in [0.29, 0.717) is 24.6 Å². The van der Waals surface area contributed by atoms with E-state index in [4.69, 9.17) is 14.6 Å². The van der Waals surface area contributed by atoms with Crippen LogP contribution in [-0.2, 0) is 11.2 Å². The van der Waals surface area contributed by atoms with Gasteiger partial charge in [0.1, 0.15) is 11.5 Å². The van der Waals surface area contributed by atoms with Crippen LogP contribution in [0.4, 0.5) is 0 Å². The van der Waals surface area contributed by atoms with E-state index in [2.05, 4.69) is 47.4 Å². The molecule has 0 saturated carbocycles. The van der Waals surface area contributed by atoms with Crippen LogP contribution in [0.2, 0.25) is 0 Å². The molecule has 1 unspecified atom stereocenters. The van der Waals surface area contributed by atoms with Gasteiger partial charge in [0.05, 0.1) is 32.5 Å². The summed E-state index contributed by atoms with van der Waals surface area (Å²) in [6.45, 7) is 2.27. The van der Waals surface area contributed by atoms with Crippen molar-refractivity contribution in [1.29, 1.82) is 0 Å². The Labute approximate surface area is 219 Å². The quantitative estimate of drug-likeness (QED) is 0.422. The van der Waals surface area contributed by atoms with Gasteiger partial charge in [-0.3, -0.25) is 9.69 Å². The van der Waals surface area contributed by atoms with Gasteiger partial charge in [0.15, 0.2) is 0 Å². The van der Waals surface area contributed by atoms with Gasteiger partial charge < -0.3 is 9.47 Å². The number of nitrogens with zero attached hydrogens (tertiary/aromatic N) is 3. The number of rotatable bonds is 8. The van der Waals surface area contributed by atoms with Gasteiger partial charge >= 0.3 is 0 Å². The third kappa shape index (κ3) is 5.86. The molecule has 0 spiro atoms. The molecule has 6 heteroatoms. The van der Waals surface area contributed by atoms with E-state index < -0.39 is 0 Å². The van der Waals surface area contributed by atoms with E-state index in [1.165, 1.54) is 5.56 Å². The first-order valence-electron chi connectivity index (χ1n) is 13.1. The molecule has 0 aliphatic carbocycles. The Bertz CT molecular complexity index is 1220. The molecule has 3 aromatic rings. The monoisotopic (exact) mass is 497 g/mol. The Morgan fingerprint density at radius 2 is 1.62 bits per heavy atom. The summed E-state index contributed by atoms with van der Waals surface area (Å²) in [5.41, 5.74) is 4.23. The Morgan fingerprint density at radius 3 is 2.30 bits per heavy atom. The van der Waals surface area contributed by atoms with E-state index in [-0.39, 0.29) is 11.9 Å². The molecule has 2 heterocycles. The maximum absolute atomic E-state index is 13.6. The Hall–Kier alpha value is -3.64. The Morgan fingerprint density at radius 1 is 0.919 bits per heavy atom. The van der Waals surface area contributed by atoms with E-state index >= 15 is 0 Å². The van der Waals surface area contributed by atoms with Crippen molar-refractivity contribution in [1.82, 2.24) is 9.91 Å². The number of amides is 1. The molecule has 5 rings (SSSR count). The average molecular weight is 498 g/mol. The number of benzene rings is 3. The molecule has 1 amide bonds. The van der Waals surface area contributed by atoms with Gasteiger partial charge in [0, 0.05) is 18.1 Å². The number of hydrogen-bond acceptors (Lipinski definition) is 5. The highest BCUT2D eigenvalue weighted by atomic mass is 16.5. The van der Waals surface area contributed by atoms with Crippen LogP contribution in [0.15, 0.2) is 84.0 Å². The van der Waals surface area contributed by atoms with Gasteiger partial charge in [0.2, 0.25) is 0 Å². The molecule has 0 radical (unpaired) electrons. The van der Waals surface area contributed by atoms with Gasteiger partial charge in [-0.15, -0.1) is 0 Å². The van der Waals surface area contributed by atoms with Crippen molar-refractivity contribution in [2.45, 2.75) is 31.7 Å². The number of carbonyl (C=O) groups is 1. The molecule has 0 aromatic heterocycles. The highest BCUT2D eigenvalue weighted by Gasteiger charge is 2.35. The van der Waals surface area contributed by atoms with E-state index in [9.17, 15) is 4.79 Å². The number of likely N-dealkylation sites (tertiary alicyclic amines) is 1. The highest BCUT2D eigenvalue weighted by molar-refractivity contribution is 6.05. The largest absolute Gasteiger partial charge is 0.497 e. The van der Waals surface area contributed by atoms with Crippen LogP contribution in [-0.4, -0.2) is 55.4 Å². The van der Waals surface area contributed by atoms with Crippen molar-refractivity contribution in [3.05, 3.63) is 95.6 Å². The normalized spacial score (nSPS) is 18.5. The first-order valence-corrected chi connectivity index (χ1v) is 13.1. The molecule has 192 valence electrons. The van der Waals surface area contributed by atoms with Gasteiger partial charge in [-0.1, -0.05) is 60.7 Å². The lowest BCUT2D eigenvalue weighted by Gasteiger charge is -2.33. The number of hydrazone groups is 1. The molecule has 0 bridgehead atoms. The maximum Gasteiger partial charge on any atom is 0.257 e. The second kappa shape index (κ2) is 11.6. The zero-order valence-corrected chi connectivity index (χ0v) is 21.7. The first-order chi connectivity index (χ1) is 18.1. The van der Waals surface area contributed by atoms with Crippen molar-refractivity contribution < 1.29 is 14.3 Å². The number of piperidine rings is 1. The lowest BCUT2D eigenvalue weighted by atomic mass is 9.90. The van der Waals surface area contributed by atoms with E-state index in [1.54, 1.807) is 19.2 Å². The Balaban J connectivity index is 1.30. The molecule has 0 N–H and O–H groups in total. The molecule has 2 aliphatic heterocycles. The number of methoxy groups -OCH3 is 2. The number of ether oxygens (including phenoxy) is 2. The summed E-state index contributed by atoms with van der Waals surface area (Å²) in [7, 11) is 3.28. The summed E-state index contributed by atoms with van der Waals surface area (Å²) in [6, 6.07) is 26.5. The first kappa shape index (κ1) is 25.0. The lowest BCUT2D eigenvalue weighted by Crippen LogP contribution is -2.42. The molecule has 2 aliphatic rings. The smallest absolute Gasteiger partial charge is 0.257 e. The molecule has 3 aromatic carbocycles. The SMILES string of the molecule is COc1ccc(C2=NN(C(=O)CN3CCC(Cc4ccccc4)CC3)C(c3ccccc3)C2)c(OC)c1. The average Bonchev–Trinajstić information content (AvgIpc) is 3.40. The fourth-order valence-electron chi connectivity index (χ4n) is 5.43. The van der Waals surface area contributed by atoms with Crippen LogP contribution in [0.1, 0.15) is 42.0 Å². The van der Waals surface area contributed by atoms with Crippen LogP contribution < -0.4 is 9.47 Å². The molecule has 1 atom stereocenters. The van der Waals surface area contributed by atoms with Gasteiger partial charge in [-0.05, 0) is 61.5 Å². The zero-order valence-electron chi connectivity index (χ0n) is 21.7. The minimum absolute atomic E-state index is 0.0397. The Kier molecular flexibility index (Phi) is 7.85. The van der Waals surface area contributed by atoms with Crippen molar-refractivity contribution >= 4 is 11.6 Å². The van der Waals surface area contributed by atoms with Crippen LogP contribution in [0, 0.1) is 5.92 Å². The molecular weight excluding hydrogens is 462 g/mol. The molecule has 6 nitrogen and oxygen atoms in total. The molecule has 1 fully saturated rings. The van der Waals surface area contributed by atoms with Crippen molar-refractivity contribution in [2.75, 3.05) is 33.9 Å².